The van der Waals surface area contributed by atoms with Crippen LogP contribution < -0.4 is 19.7 Å². The third-order valence-corrected chi connectivity index (χ3v) is 4.75. The highest BCUT2D eigenvalue weighted by Crippen LogP contribution is 2.28. The second-order valence-electron chi connectivity index (χ2n) is 6.69. The van der Waals surface area contributed by atoms with Crippen molar-refractivity contribution in [1.29, 1.82) is 0 Å². The number of hydrogen-bond acceptors (Lipinski definition) is 4. The maximum atomic E-state index is 12.4. The van der Waals surface area contributed by atoms with Gasteiger partial charge in [-0.15, -0.1) is 0 Å². The van der Waals surface area contributed by atoms with Crippen LogP contribution in [0.15, 0.2) is 42.5 Å². The number of anilines is 1. The van der Waals surface area contributed by atoms with Crippen LogP contribution in [0, 0.1) is 12.8 Å². The minimum atomic E-state index is -0.197. The Morgan fingerprint density at radius 2 is 1.81 bits per heavy atom. The van der Waals surface area contributed by atoms with Crippen LogP contribution in [0.5, 0.6) is 11.5 Å². The van der Waals surface area contributed by atoms with Gasteiger partial charge in [-0.1, -0.05) is 17.7 Å². The predicted octanol–water partition coefficient (Wildman–Crippen LogP) is 2.80. The molecule has 1 N–H and O–H groups in total. The summed E-state index contributed by atoms with van der Waals surface area (Å²) in [4.78, 5) is 26.5. The Morgan fingerprint density at radius 3 is 2.48 bits per heavy atom. The second kappa shape index (κ2) is 8.12. The SMILES string of the molecule is COc1ccc(C(=O)NCC2CC(=O)N(c3ccc(C)cc3)C2)cc1OC. The number of nitrogens with zero attached hydrogens (tertiary/aromatic N) is 1. The van der Waals surface area contributed by atoms with Crippen molar-refractivity contribution in [3.05, 3.63) is 53.6 Å². The highest BCUT2D eigenvalue weighted by molar-refractivity contribution is 5.96. The first kappa shape index (κ1) is 18.8. The summed E-state index contributed by atoms with van der Waals surface area (Å²) in [5.74, 6) is 1.06. The van der Waals surface area contributed by atoms with Crippen LogP contribution in [0.25, 0.3) is 0 Å². The number of aryl methyl sites for hydroxylation is 1. The highest BCUT2D eigenvalue weighted by Gasteiger charge is 2.30. The van der Waals surface area contributed by atoms with E-state index in [2.05, 4.69) is 5.32 Å². The number of benzene rings is 2. The monoisotopic (exact) mass is 368 g/mol. The third-order valence-electron chi connectivity index (χ3n) is 4.75. The molecule has 142 valence electrons. The quantitative estimate of drug-likeness (QED) is 0.851. The molecule has 1 unspecified atom stereocenters. The summed E-state index contributed by atoms with van der Waals surface area (Å²) >= 11 is 0. The molecule has 1 aliphatic rings. The second-order valence-corrected chi connectivity index (χ2v) is 6.69. The smallest absolute Gasteiger partial charge is 0.251 e. The topological polar surface area (TPSA) is 67.9 Å². The number of methoxy groups -OCH3 is 2. The van der Waals surface area contributed by atoms with E-state index in [1.165, 1.54) is 7.11 Å². The fraction of sp³-hybridized carbons (Fsp3) is 0.333. The van der Waals surface area contributed by atoms with Crippen molar-refractivity contribution in [2.45, 2.75) is 13.3 Å². The van der Waals surface area contributed by atoms with Gasteiger partial charge in [0.2, 0.25) is 5.91 Å². The molecule has 27 heavy (non-hydrogen) atoms. The minimum absolute atomic E-state index is 0.0860. The van der Waals surface area contributed by atoms with E-state index in [1.807, 2.05) is 31.2 Å². The summed E-state index contributed by atoms with van der Waals surface area (Å²) in [6.45, 7) is 3.07. The van der Waals surface area contributed by atoms with E-state index in [1.54, 1.807) is 30.2 Å². The fourth-order valence-corrected chi connectivity index (χ4v) is 3.21. The summed E-state index contributed by atoms with van der Waals surface area (Å²) in [7, 11) is 3.08. The lowest BCUT2D eigenvalue weighted by atomic mass is 10.1. The molecule has 1 saturated heterocycles. The van der Waals surface area contributed by atoms with Crippen molar-refractivity contribution < 1.29 is 19.1 Å². The fourth-order valence-electron chi connectivity index (χ4n) is 3.21. The van der Waals surface area contributed by atoms with E-state index >= 15 is 0 Å². The van der Waals surface area contributed by atoms with E-state index in [0.29, 0.717) is 36.6 Å². The molecule has 3 rings (SSSR count). The Morgan fingerprint density at radius 1 is 1.11 bits per heavy atom. The number of carbonyl (C=O) groups is 2. The van der Waals surface area contributed by atoms with Gasteiger partial charge in [-0.2, -0.15) is 0 Å². The predicted molar refractivity (Wildman–Crippen MR) is 104 cm³/mol. The molecule has 6 heteroatoms. The Balaban J connectivity index is 1.59. The Kier molecular flexibility index (Phi) is 5.64. The summed E-state index contributed by atoms with van der Waals surface area (Å²) in [5, 5.41) is 2.92. The number of ether oxygens (including phenoxy) is 2. The van der Waals surface area contributed by atoms with Crippen molar-refractivity contribution in [1.82, 2.24) is 5.32 Å². The molecule has 6 nitrogen and oxygen atoms in total. The van der Waals surface area contributed by atoms with Crippen LogP contribution in [0.1, 0.15) is 22.3 Å². The molecule has 2 amide bonds. The lowest BCUT2D eigenvalue weighted by Crippen LogP contribution is -2.31. The lowest BCUT2D eigenvalue weighted by molar-refractivity contribution is -0.117. The van der Waals surface area contributed by atoms with Gasteiger partial charge >= 0.3 is 0 Å². The van der Waals surface area contributed by atoms with Crippen LogP contribution in [-0.2, 0) is 4.79 Å². The minimum Gasteiger partial charge on any atom is -0.493 e. The molecule has 0 spiro atoms. The summed E-state index contributed by atoms with van der Waals surface area (Å²) in [6.07, 6.45) is 0.431. The Labute approximate surface area is 159 Å². The molecule has 1 fully saturated rings. The van der Waals surface area contributed by atoms with Gasteiger partial charge in [0, 0.05) is 36.7 Å². The maximum Gasteiger partial charge on any atom is 0.251 e. The number of rotatable bonds is 6. The zero-order valence-electron chi connectivity index (χ0n) is 15.8. The molecule has 0 aromatic heterocycles. The number of carbonyl (C=O) groups excluding carboxylic acids is 2. The molecule has 1 heterocycles. The van der Waals surface area contributed by atoms with Gasteiger partial charge in [0.15, 0.2) is 11.5 Å². The maximum absolute atomic E-state index is 12.4. The molecule has 0 radical (unpaired) electrons. The van der Waals surface area contributed by atoms with Gasteiger partial charge in [0.25, 0.3) is 5.91 Å². The Hall–Kier alpha value is -3.02. The average molecular weight is 368 g/mol. The van der Waals surface area contributed by atoms with Crippen molar-refractivity contribution in [3.63, 3.8) is 0 Å². The first-order chi connectivity index (χ1) is 13.0. The molecule has 0 saturated carbocycles. The van der Waals surface area contributed by atoms with Crippen LogP contribution in [0.2, 0.25) is 0 Å². The average Bonchev–Trinajstić information content (AvgIpc) is 3.06. The molecular weight excluding hydrogens is 344 g/mol. The Bertz CT molecular complexity index is 833. The standard InChI is InChI=1S/C21H24N2O4/c1-14-4-7-17(8-5-14)23-13-15(10-20(23)24)12-22-21(25)16-6-9-18(26-2)19(11-16)27-3/h4-9,11,15H,10,12-13H2,1-3H3,(H,22,25). The number of amides is 2. The van der Waals surface area contributed by atoms with Gasteiger partial charge in [-0.25, -0.2) is 0 Å². The van der Waals surface area contributed by atoms with E-state index in [9.17, 15) is 9.59 Å². The van der Waals surface area contributed by atoms with E-state index in [4.69, 9.17) is 9.47 Å². The van der Waals surface area contributed by atoms with Gasteiger partial charge in [-0.05, 0) is 37.3 Å². The third kappa shape index (κ3) is 4.22. The van der Waals surface area contributed by atoms with Crippen molar-refractivity contribution in [3.8, 4) is 11.5 Å². The van der Waals surface area contributed by atoms with E-state index in [0.717, 1.165) is 11.3 Å². The summed E-state index contributed by atoms with van der Waals surface area (Å²) in [5.41, 5.74) is 2.55. The summed E-state index contributed by atoms with van der Waals surface area (Å²) in [6, 6.07) is 12.9. The van der Waals surface area contributed by atoms with Gasteiger partial charge < -0.3 is 19.7 Å². The van der Waals surface area contributed by atoms with E-state index < -0.39 is 0 Å². The van der Waals surface area contributed by atoms with Crippen LogP contribution in [-0.4, -0.2) is 39.1 Å². The van der Waals surface area contributed by atoms with Gasteiger partial charge in [0.1, 0.15) is 0 Å². The molecule has 2 aromatic rings. The van der Waals surface area contributed by atoms with Gasteiger partial charge in [0.05, 0.1) is 14.2 Å². The zero-order chi connectivity index (χ0) is 19.4. The van der Waals surface area contributed by atoms with Crippen LogP contribution in [0.4, 0.5) is 5.69 Å². The van der Waals surface area contributed by atoms with Crippen molar-refractivity contribution in [2.75, 3.05) is 32.2 Å². The molecule has 0 bridgehead atoms. The zero-order valence-corrected chi connectivity index (χ0v) is 15.8. The van der Waals surface area contributed by atoms with E-state index in [-0.39, 0.29) is 17.7 Å². The van der Waals surface area contributed by atoms with Crippen LogP contribution in [0.3, 0.4) is 0 Å². The molecule has 1 atom stereocenters. The largest absolute Gasteiger partial charge is 0.493 e. The molecule has 0 aliphatic carbocycles. The lowest BCUT2D eigenvalue weighted by Gasteiger charge is -2.17. The van der Waals surface area contributed by atoms with Crippen molar-refractivity contribution >= 4 is 17.5 Å². The normalized spacial score (nSPS) is 16.3. The molecular formula is C21H24N2O4. The molecule has 1 aliphatic heterocycles. The first-order valence-corrected chi connectivity index (χ1v) is 8.89. The molecule has 2 aromatic carbocycles. The van der Waals surface area contributed by atoms with Gasteiger partial charge in [-0.3, -0.25) is 9.59 Å². The summed E-state index contributed by atoms with van der Waals surface area (Å²) < 4.78 is 10.4. The highest BCUT2D eigenvalue weighted by atomic mass is 16.5. The number of nitrogens with one attached hydrogen (secondary N) is 1. The van der Waals surface area contributed by atoms with Crippen LogP contribution >= 0.6 is 0 Å². The first-order valence-electron chi connectivity index (χ1n) is 8.89. The number of hydrogen-bond donors (Lipinski definition) is 1. The van der Waals surface area contributed by atoms with Crippen molar-refractivity contribution in [2.24, 2.45) is 5.92 Å².